The highest BCUT2D eigenvalue weighted by Crippen LogP contribution is 2.35. The first-order valence-corrected chi connectivity index (χ1v) is 8.41. The molecule has 0 unspecified atom stereocenters. The second-order valence-corrected chi connectivity index (χ2v) is 6.99. The van der Waals surface area contributed by atoms with Crippen LogP contribution in [0.2, 0.25) is 0 Å². The lowest BCUT2D eigenvalue weighted by atomic mass is 10.2. The Hall–Kier alpha value is -2.46. The summed E-state index contributed by atoms with van der Waals surface area (Å²) in [5.74, 6) is 0.991. The molecule has 0 atom stereocenters. The van der Waals surface area contributed by atoms with Crippen LogP contribution in [0.1, 0.15) is 28.2 Å². The molecule has 0 aliphatic carbocycles. The predicted octanol–water partition coefficient (Wildman–Crippen LogP) is 2.79. The largest absolute Gasteiger partial charge is 0.350 e. The summed E-state index contributed by atoms with van der Waals surface area (Å²) in [5, 5.41) is 14.6. The quantitative estimate of drug-likeness (QED) is 0.688. The van der Waals surface area contributed by atoms with Crippen LogP contribution >= 0.6 is 11.3 Å². The van der Waals surface area contributed by atoms with Gasteiger partial charge in [-0.3, -0.25) is 4.68 Å². The SMILES string of the molecule is Cc1sc2ncnc(N3CCCn4nc(C#N)cc4C3)c2c1C. The lowest BCUT2D eigenvalue weighted by molar-refractivity contribution is 0.590. The van der Waals surface area contributed by atoms with Crippen LogP contribution < -0.4 is 4.90 Å². The fourth-order valence-corrected chi connectivity index (χ4v) is 4.09. The number of nitriles is 1. The third kappa shape index (κ3) is 2.26. The van der Waals surface area contributed by atoms with Gasteiger partial charge in [-0.25, -0.2) is 9.97 Å². The van der Waals surface area contributed by atoms with E-state index in [-0.39, 0.29) is 0 Å². The highest BCUT2D eigenvalue weighted by atomic mass is 32.1. The van der Waals surface area contributed by atoms with E-state index in [0.29, 0.717) is 5.69 Å². The molecule has 116 valence electrons. The first-order chi connectivity index (χ1) is 11.2. The van der Waals surface area contributed by atoms with Gasteiger partial charge in [0.15, 0.2) is 5.69 Å². The van der Waals surface area contributed by atoms with Crippen molar-refractivity contribution in [1.82, 2.24) is 19.7 Å². The zero-order valence-corrected chi connectivity index (χ0v) is 13.9. The predicted molar refractivity (Wildman–Crippen MR) is 89.5 cm³/mol. The van der Waals surface area contributed by atoms with Gasteiger partial charge in [0, 0.05) is 18.0 Å². The Labute approximate surface area is 138 Å². The van der Waals surface area contributed by atoms with Gasteiger partial charge in [0.1, 0.15) is 23.0 Å². The van der Waals surface area contributed by atoms with E-state index in [0.717, 1.165) is 47.8 Å². The van der Waals surface area contributed by atoms with Crippen LogP contribution in [0.25, 0.3) is 10.2 Å². The van der Waals surface area contributed by atoms with E-state index >= 15 is 0 Å². The minimum Gasteiger partial charge on any atom is -0.350 e. The van der Waals surface area contributed by atoms with Gasteiger partial charge in [0.2, 0.25) is 0 Å². The highest BCUT2D eigenvalue weighted by Gasteiger charge is 2.21. The number of hydrogen-bond acceptors (Lipinski definition) is 6. The molecule has 0 saturated carbocycles. The number of aryl methyl sites for hydroxylation is 3. The van der Waals surface area contributed by atoms with Crippen LogP contribution in [0.5, 0.6) is 0 Å². The third-order valence-corrected chi connectivity index (χ3v) is 5.49. The fraction of sp³-hybridized carbons (Fsp3) is 0.375. The zero-order chi connectivity index (χ0) is 16.0. The van der Waals surface area contributed by atoms with Gasteiger partial charge < -0.3 is 4.90 Å². The summed E-state index contributed by atoms with van der Waals surface area (Å²) in [5.41, 5.74) is 2.81. The standard InChI is InChI=1S/C16H16N6S/c1-10-11(2)23-16-14(10)15(18-9-19-16)21-4-3-5-22-13(8-21)6-12(7-17)20-22/h6,9H,3-5,8H2,1-2H3. The van der Waals surface area contributed by atoms with Crippen molar-refractivity contribution in [3.63, 3.8) is 0 Å². The maximum atomic E-state index is 9.06. The minimum atomic E-state index is 0.484. The average Bonchev–Trinajstić information content (AvgIpc) is 3.01. The molecule has 0 saturated heterocycles. The molecule has 7 heteroatoms. The van der Waals surface area contributed by atoms with E-state index in [4.69, 9.17) is 5.26 Å². The van der Waals surface area contributed by atoms with Crippen molar-refractivity contribution in [3.05, 3.63) is 34.2 Å². The second kappa shape index (κ2) is 5.32. The topological polar surface area (TPSA) is 70.6 Å². The number of anilines is 1. The maximum Gasteiger partial charge on any atom is 0.162 e. The Balaban J connectivity index is 1.80. The normalized spacial score (nSPS) is 14.6. The Bertz CT molecular complexity index is 932. The van der Waals surface area contributed by atoms with Crippen LogP contribution in [0.15, 0.2) is 12.4 Å². The Morgan fingerprint density at radius 1 is 1.26 bits per heavy atom. The molecule has 3 aromatic heterocycles. The number of hydrogen-bond donors (Lipinski definition) is 0. The van der Waals surface area contributed by atoms with Gasteiger partial charge in [0.25, 0.3) is 0 Å². The first-order valence-electron chi connectivity index (χ1n) is 7.60. The van der Waals surface area contributed by atoms with E-state index in [1.165, 1.54) is 10.4 Å². The molecule has 0 N–H and O–H groups in total. The van der Waals surface area contributed by atoms with Gasteiger partial charge >= 0.3 is 0 Å². The summed E-state index contributed by atoms with van der Waals surface area (Å²) in [6.45, 7) is 6.74. The van der Waals surface area contributed by atoms with Gasteiger partial charge in [-0.05, 0) is 31.9 Å². The number of thiophene rings is 1. The van der Waals surface area contributed by atoms with Crippen molar-refractivity contribution in [2.75, 3.05) is 11.4 Å². The molecule has 3 aromatic rings. The zero-order valence-electron chi connectivity index (χ0n) is 13.1. The number of fused-ring (bicyclic) bond motifs is 2. The monoisotopic (exact) mass is 324 g/mol. The van der Waals surface area contributed by atoms with Gasteiger partial charge in [-0.15, -0.1) is 11.3 Å². The van der Waals surface area contributed by atoms with Crippen LogP contribution in [0.3, 0.4) is 0 Å². The molecule has 6 nitrogen and oxygen atoms in total. The van der Waals surface area contributed by atoms with E-state index < -0.39 is 0 Å². The second-order valence-electron chi connectivity index (χ2n) is 5.79. The fourth-order valence-electron chi connectivity index (χ4n) is 3.10. The lowest BCUT2D eigenvalue weighted by Gasteiger charge is -2.22. The molecule has 0 radical (unpaired) electrons. The molecule has 0 bridgehead atoms. The molecule has 0 aromatic carbocycles. The van der Waals surface area contributed by atoms with Crippen molar-refractivity contribution < 1.29 is 0 Å². The molecule has 1 aliphatic rings. The summed E-state index contributed by atoms with van der Waals surface area (Å²) in [6, 6.07) is 4.00. The van der Waals surface area contributed by atoms with E-state index in [2.05, 4.69) is 39.9 Å². The van der Waals surface area contributed by atoms with Gasteiger partial charge in [-0.2, -0.15) is 10.4 Å². The average molecular weight is 324 g/mol. The van der Waals surface area contributed by atoms with Crippen molar-refractivity contribution in [2.45, 2.75) is 33.4 Å². The molecule has 0 amide bonds. The van der Waals surface area contributed by atoms with E-state index in [1.54, 1.807) is 17.7 Å². The Kier molecular flexibility index (Phi) is 3.27. The number of aromatic nitrogens is 4. The molecular formula is C16H16N6S. The van der Waals surface area contributed by atoms with Gasteiger partial charge in [-0.1, -0.05) is 0 Å². The summed E-state index contributed by atoms with van der Waals surface area (Å²) in [7, 11) is 0. The molecular weight excluding hydrogens is 308 g/mol. The third-order valence-electron chi connectivity index (χ3n) is 4.37. The van der Waals surface area contributed by atoms with Crippen LogP contribution in [-0.4, -0.2) is 26.3 Å². The smallest absolute Gasteiger partial charge is 0.162 e. The number of rotatable bonds is 1. The maximum absolute atomic E-state index is 9.06. The molecule has 4 heterocycles. The summed E-state index contributed by atoms with van der Waals surface area (Å²) >= 11 is 1.72. The Morgan fingerprint density at radius 3 is 2.96 bits per heavy atom. The van der Waals surface area contributed by atoms with Crippen molar-refractivity contribution in [3.8, 4) is 6.07 Å². The molecule has 1 aliphatic heterocycles. The van der Waals surface area contributed by atoms with Crippen molar-refractivity contribution in [2.24, 2.45) is 0 Å². The van der Waals surface area contributed by atoms with Crippen molar-refractivity contribution in [1.29, 1.82) is 5.26 Å². The highest BCUT2D eigenvalue weighted by molar-refractivity contribution is 7.18. The minimum absolute atomic E-state index is 0.484. The number of nitrogens with zero attached hydrogens (tertiary/aromatic N) is 6. The first kappa shape index (κ1) is 14.2. The van der Waals surface area contributed by atoms with Crippen molar-refractivity contribution >= 4 is 27.4 Å². The lowest BCUT2D eigenvalue weighted by Crippen LogP contribution is -2.24. The van der Waals surface area contributed by atoms with Gasteiger partial charge in [0.05, 0.1) is 17.6 Å². The Morgan fingerprint density at radius 2 is 2.13 bits per heavy atom. The summed E-state index contributed by atoms with van der Waals surface area (Å²) < 4.78 is 1.95. The van der Waals surface area contributed by atoms with E-state index in [1.807, 2.05) is 10.7 Å². The van der Waals surface area contributed by atoms with E-state index in [9.17, 15) is 0 Å². The summed E-state index contributed by atoms with van der Waals surface area (Å²) in [4.78, 5) is 13.6. The summed E-state index contributed by atoms with van der Waals surface area (Å²) in [6.07, 6.45) is 2.63. The van der Waals surface area contributed by atoms with Crippen LogP contribution in [0, 0.1) is 25.2 Å². The molecule has 0 spiro atoms. The van der Waals surface area contributed by atoms with Crippen LogP contribution in [-0.2, 0) is 13.1 Å². The molecule has 4 rings (SSSR count). The van der Waals surface area contributed by atoms with Crippen LogP contribution in [0.4, 0.5) is 5.82 Å². The molecule has 23 heavy (non-hydrogen) atoms. The molecule has 0 fully saturated rings.